The Morgan fingerprint density at radius 1 is 0.976 bits per heavy atom. The Morgan fingerprint density at radius 2 is 1.71 bits per heavy atom. The van der Waals surface area contributed by atoms with Crippen molar-refractivity contribution in [1.82, 2.24) is 14.3 Å². The maximum Gasteiger partial charge on any atom is 0.267 e. The number of hydrogen-bond acceptors (Lipinski definition) is 7. The van der Waals surface area contributed by atoms with E-state index >= 15 is 0 Å². The summed E-state index contributed by atoms with van der Waals surface area (Å²) in [5.74, 6) is 1.82. The molecule has 4 aromatic rings. The van der Waals surface area contributed by atoms with Crippen molar-refractivity contribution in [3.05, 3.63) is 111 Å². The first kappa shape index (κ1) is 28.2. The summed E-state index contributed by atoms with van der Waals surface area (Å²) in [5.41, 5.74) is 3.27. The molecule has 0 radical (unpaired) electrons. The van der Waals surface area contributed by atoms with Gasteiger partial charge in [0.2, 0.25) is 0 Å². The van der Waals surface area contributed by atoms with E-state index in [0.717, 1.165) is 43.7 Å². The number of carbonyl (C=O) groups is 1. The molecule has 7 nitrogen and oxygen atoms in total. The average molecular weight is 597 g/mol. The zero-order valence-corrected chi connectivity index (χ0v) is 25.1. The fourth-order valence-corrected chi connectivity index (χ4v) is 6.90. The summed E-state index contributed by atoms with van der Waals surface area (Å²) in [6, 6.07) is 23.9. The second-order valence-corrected chi connectivity index (χ2v) is 12.3. The van der Waals surface area contributed by atoms with E-state index in [2.05, 4.69) is 29.2 Å². The predicted octanol–water partition coefficient (Wildman–Crippen LogP) is 5.61. The van der Waals surface area contributed by atoms with E-state index in [1.807, 2.05) is 48.5 Å². The fourth-order valence-electron chi connectivity index (χ4n) is 5.61. The summed E-state index contributed by atoms with van der Waals surface area (Å²) >= 11 is 6.84. The summed E-state index contributed by atoms with van der Waals surface area (Å²) in [6.07, 6.45) is 7.15. The summed E-state index contributed by atoms with van der Waals surface area (Å²) < 4.78 is 7.28. The van der Waals surface area contributed by atoms with E-state index in [-0.39, 0.29) is 11.5 Å². The highest BCUT2D eigenvalue weighted by Gasteiger charge is 2.33. The van der Waals surface area contributed by atoms with Gasteiger partial charge in [0.1, 0.15) is 21.5 Å². The largest absolute Gasteiger partial charge is 0.497 e. The molecule has 2 aliphatic rings. The Kier molecular flexibility index (Phi) is 8.39. The number of piperidine rings is 1. The molecule has 0 saturated carbocycles. The molecule has 0 atom stereocenters. The van der Waals surface area contributed by atoms with Crippen molar-refractivity contribution in [2.45, 2.75) is 25.7 Å². The molecule has 4 heterocycles. The molecule has 42 heavy (non-hydrogen) atoms. The first-order chi connectivity index (χ1) is 20.5. The summed E-state index contributed by atoms with van der Waals surface area (Å²) in [7, 11) is 1.64. The molecule has 9 heteroatoms. The lowest BCUT2D eigenvalue weighted by Gasteiger charge is -2.33. The minimum Gasteiger partial charge on any atom is -0.497 e. The van der Waals surface area contributed by atoms with Crippen LogP contribution >= 0.6 is 24.0 Å². The first-order valence-electron chi connectivity index (χ1n) is 14.2. The number of fused-ring (bicyclic) bond motifs is 1. The van der Waals surface area contributed by atoms with Crippen LogP contribution in [0.15, 0.2) is 88.7 Å². The number of ether oxygens (including phenoxy) is 1. The van der Waals surface area contributed by atoms with Crippen LogP contribution in [-0.2, 0) is 17.6 Å². The van der Waals surface area contributed by atoms with Crippen molar-refractivity contribution < 1.29 is 9.53 Å². The molecule has 6 rings (SSSR count). The molecule has 2 aromatic heterocycles. The lowest BCUT2D eigenvalue weighted by atomic mass is 9.90. The van der Waals surface area contributed by atoms with E-state index < -0.39 is 0 Å². The van der Waals surface area contributed by atoms with Gasteiger partial charge in [-0.25, -0.2) is 4.98 Å². The van der Waals surface area contributed by atoms with Crippen LogP contribution in [0, 0.1) is 5.92 Å². The molecular weight excluding hydrogens is 565 g/mol. The lowest BCUT2D eigenvalue weighted by molar-refractivity contribution is -0.122. The van der Waals surface area contributed by atoms with Crippen molar-refractivity contribution >= 4 is 51.7 Å². The molecular formula is C33H32N4O3S2. The van der Waals surface area contributed by atoms with Gasteiger partial charge >= 0.3 is 0 Å². The molecule has 0 unspecified atom stereocenters. The standard InChI is InChI=1S/C33H32N4O3S2/c1-40-26-12-10-23(11-13-26)16-20-37-32(39)28(42-33(37)41)22-27-30(34-29-9-5-6-17-36(29)31(27)38)35-18-14-25(15-19-35)21-24-7-3-2-4-8-24/h2-13,17,22,25H,14-16,18-21H2,1H3. The number of thioether (sulfide) groups is 1. The van der Waals surface area contributed by atoms with Gasteiger partial charge in [0.15, 0.2) is 0 Å². The van der Waals surface area contributed by atoms with Crippen LogP contribution in [0.1, 0.15) is 29.5 Å². The zero-order valence-electron chi connectivity index (χ0n) is 23.4. The fraction of sp³-hybridized carbons (Fsp3) is 0.273. The summed E-state index contributed by atoms with van der Waals surface area (Å²) in [6.45, 7) is 2.07. The summed E-state index contributed by atoms with van der Waals surface area (Å²) in [5, 5.41) is 0. The van der Waals surface area contributed by atoms with Crippen LogP contribution in [0.2, 0.25) is 0 Å². The highest BCUT2D eigenvalue weighted by atomic mass is 32.2. The van der Waals surface area contributed by atoms with Crippen LogP contribution in [0.5, 0.6) is 5.75 Å². The van der Waals surface area contributed by atoms with Crippen LogP contribution in [0.4, 0.5) is 5.82 Å². The molecule has 0 spiro atoms. The molecule has 2 aliphatic heterocycles. The summed E-state index contributed by atoms with van der Waals surface area (Å²) in [4.78, 5) is 36.5. The lowest BCUT2D eigenvalue weighted by Crippen LogP contribution is -2.37. The smallest absolute Gasteiger partial charge is 0.267 e. The molecule has 2 saturated heterocycles. The van der Waals surface area contributed by atoms with Crippen molar-refractivity contribution in [1.29, 1.82) is 0 Å². The van der Waals surface area contributed by atoms with E-state index in [4.69, 9.17) is 21.9 Å². The molecule has 1 amide bonds. The molecule has 0 bridgehead atoms. The predicted molar refractivity (Wildman–Crippen MR) is 173 cm³/mol. The van der Waals surface area contributed by atoms with Gasteiger partial charge in [0.25, 0.3) is 11.5 Å². The number of thiocarbonyl (C=S) groups is 1. The number of amides is 1. The Labute approximate surface area is 254 Å². The van der Waals surface area contributed by atoms with Crippen molar-refractivity contribution in [2.75, 3.05) is 31.6 Å². The Hall–Kier alpha value is -3.95. The number of hydrogen-bond donors (Lipinski definition) is 0. The molecule has 2 fully saturated rings. The maximum absolute atomic E-state index is 13.8. The molecule has 0 N–H and O–H groups in total. The number of methoxy groups -OCH3 is 1. The van der Waals surface area contributed by atoms with Gasteiger partial charge < -0.3 is 9.64 Å². The van der Waals surface area contributed by atoms with Gasteiger partial charge in [0, 0.05) is 25.8 Å². The average Bonchev–Trinajstić information content (AvgIpc) is 3.29. The van der Waals surface area contributed by atoms with Gasteiger partial charge in [-0.3, -0.25) is 18.9 Å². The van der Waals surface area contributed by atoms with Crippen LogP contribution < -0.4 is 15.2 Å². The van der Waals surface area contributed by atoms with E-state index in [0.29, 0.717) is 45.1 Å². The number of carbonyl (C=O) groups excluding carboxylic acids is 1. The third-order valence-electron chi connectivity index (χ3n) is 7.96. The van der Waals surface area contributed by atoms with Crippen molar-refractivity contribution in [2.24, 2.45) is 5.92 Å². The van der Waals surface area contributed by atoms with Gasteiger partial charge in [-0.05, 0) is 73.1 Å². The first-order valence-corrected chi connectivity index (χ1v) is 15.4. The Bertz CT molecular complexity index is 1690. The third-order valence-corrected chi connectivity index (χ3v) is 9.34. The zero-order chi connectivity index (χ0) is 29.1. The minimum atomic E-state index is -0.189. The normalized spacial score (nSPS) is 17.0. The van der Waals surface area contributed by atoms with Crippen molar-refractivity contribution in [3.63, 3.8) is 0 Å². The highest BCUT2D eigenvalue weighted by molar-refractivity contribution is 8.26. The quantitative estimate of drug-likeness (QED) is 0.194. The number of rotatable bonds is 8. The van der Waals surface area contributed by atoms with Crippen LogP contribution in [0.25, 0.3) is 11.7 Å². The highest BCUT2D eigenvalue weighted by Crippen LogP contribution is 2.34. The number of anilines is 1. The molecule has 0 aliphatic carbocycles. The van der Waals surface area contributed by atoms with Crippen LogP contribution in [-0.4, -0.2) is 51.3 Å². The maximum atomic E-state index is 13.8. The van der Waals surface area contributed by atoms with E-state index in [1.165, 1.54) is 17.3 Å². The van der Waals surface area contributed by atoms with Gasteiger partial charge in [-0.15, -0.1) is 0 Å². The van der Waals surface area contributed by atoms with Crippen LogP contribution in [0.3, 0.4) is 0 Å². The van der Waals surface area contributed by atoms with Gasteiger partial charge in [0.05, 0.1) is 17.6 Å². The van der Waals surface area contributed by atoms with Gasteiger partial charge in [-0.2, -0.15) is 0 Å². The number of nitrogens with zero attached hydrogens (tertiary/aromatic N) is 4. The SMILES string of the molecule is COc1ccc(CCN2C(=O)C(=Cc3c(N4CCC(Cc5ccccc5)CC4)nc4ccccn4c3=O)SC2=S)cc1. The molecule has 214 valence electrons. The molecule has 2 aromatic carbocycles. The van der Waals surface area contributed by atoms with Crippen molar-refractivity contribution in [3.8, 4) is 5.75 Å². The monoisotopic (exact) mass is 596 g/mol. The second kappa shape index (κ2) is 12.5. The third kappa shape index (κ3) is 5.98. The number of benzene rings is 2. The Morgan fingerprint density at radius 3 is 2.45 bits per heavy atom. The Balaban J connectivity index is 1.24. The topological polar surface area (TPSA) is 67.2 Å². The van der Waals surface area contributed by atoms with Gasteiger partial charge in [-0.1, -0.05) is 72.5 Å². The number of aromatic nitrogens is 2. The second-order valence-electron chi connectivity index (χ2n) is 10.6. The van der Waals surface area contributed by atoms with E-state index in [1.54, 1.807) is 28.7 Å². The minimum absolute atomic E-state index is 0.177. The van der Waals surface area contributed by atoms with E-state index in [9.17, 15) is 9.59 Å². The number of pyridine rings is 1.